The van der Waals surface area contributed by atoms with Gasteiger partial charge in [-0.25, -0.2) is 9.97 Å². The fraction of sp³-hybridized carbons (Fsp3) is 0.450. The zero-order valence-electron chi connectivity index (χ0n) is 16.1. The largest absolute Gasteiger partial charge is 0.340 e. The summed E-state index contributed by atoms with van der Waals surface area (Å²) in [5, 5.41) is 6.70. The molecule has 6 nitrogen and oxygen atoms in total. The van der Waals surface area contributed by atoms with Crippen LogP contribution in [0.15, 0.2) is 29.8 Å². The Morgan fingerprint density at radius 3 is 2.81 bits per heavy atom. The molecular formula is C20H28N6S. The number of nitrogens with one attached hydrogen (secondary N) is 1. The van der Waals surface area contributed by atoms with E-state index in [9.17, 15) is 0 Å². The molecule has 0 aliphatic rings. The molecule has 144 valence electrons. The van der Waals surface area contributed by atoms with Gasteiger partial charge in [0.05, 0.1) is 17.4 Å². The smallest absolute Gasteiger partial charge is 0.226 e. The number of nitrogens with two attached hydrogens (primary N) is 1. The Labute approximate surface area is 164 Å². The summed E-state index contributed by atoms with van der Waals surface area (Å²) >= 11 is 1.76. The van der Waals surface area contributed by atoms with E-state index in [2.05, 4.69) is 52.6 Å². The third kappa shape index (κ3) is 5.00. The number of thiophene rings is 1. The number of aromatic nitrogens is 3. The van der Waals surface area contributed by atoms with E-state index >= 15 is 0 Å². The molecule has 0 atom stereocenters. The average Bonchev–Trinajstić information content (AvgIpc) is 3.20. The lowest BCUT2D eigenvalue weighted by Gasteiger charge is -2.21. The maximum atomic E-state index is 5.76. The van der Waals surface area contributed by atoms with Crippen molar-refractivity contribution in [3.8, 4) is 0 Å². The first-order valence-electron chi connectivity index (χ1n) is 9.58. The molecule has 27 heavy (non-hydrogen) atoms. The Hall–Kier alpha value is -2.09. The lowest BCUT2D eigenvalue weighted by molar-refractivity contribution is 0.685. The molecule has 3 heterocycles. The third-order valence-corrected chi connectivity index (χ3v) is 5.32. The zero-order valence-corrected chi connectivity index (χ0v) is 16.9. The van der Waals surface area contributed by atoms with Gasteiger partial charge in [-0.05, 0) is 30.9 Å². The Kier molecular flexibility index (Phi) is 7.09. The minimum Gasteiger partial charge on any atom is -0.340 e. The van der Waals surface area contributed by atoms with Crippen molar-refractivity contribution in [1.82, 2.24) is 20.3 Å². The maximum Gasteiger partial charge on any atom is 0.226 e. The molecule has 3 rings (SSSR count). The van der Waals surface area contributed by atoms with E-state index in [1.165, 1.54) is 4.88 Å². The Morgan fingerprint density at radius 1 is 1.22 bits per heavy atom. The van der Waals surface area contributed by atoms with Crippen molar-refractivity contribution in [3.63, 3.8) is 0 Å². The lowest BCUT2D eigenvalue weighted by atomic mass is 10.1. The molecule has 0 aliphatic carbocycles. The van der Waals surface area contributed by atoms with Gasteiger partial charge < -0.3 is 16.0 Å². The normalized spacial score (nSPS) is 11.2. The van der Waals surface area contributed by atoms with Crippen molar-refractivity contribution < 1.29 is 0 Å². The number of pyridine rings is 1. The highest BCUT2D eigenvalue weighted by Gasteiger charge is 2.13. The number of nitrogens with zero attached hydrogens (tertiary/aromatic N) is 4. The summed E-state index contributed by atoms with van der Waals surface area (Å²) in [6, 6.07) is 6.36. The van der Waals surface area contributed by atoms with Crippen LogP contribution in [0.25, 0.3) is 10.9 Å². The minimum absolute atomic E-state index is 0.578. The van der Waals surface area contributed by atoms with Gasteiger partial charge in [-0.3, -0.25) is 4.98 Å². The van der Waals surface area contributed by atoms with E-state index in [1.807, 2.05) is 6.20 Å². The number of hydrogen-bond donors (Lipinski definition) is 2. The lowest BCUT2D eigenvalue weighted by Crippen LogP contribution is -2.31. The van der Waals surface area contributed by atoms with E-state index in [-0.39, 0.29) is 0 Å². The van der Waals surface area contributed by atoms with Gasteiger partial charge in [0, 0.05) is 48.7 Å². The first-order chi connectivity index (χ1) is 13.2. The van der Waals surface area contributed by atoms with Crippen LogP contribution in [0.5, 0.6) is 0 Å². The van der Waals surface area contributed by atoms with E-state index in [1.54, 1.807) is 11.3 Å². The van der Waals surface area contributed by atoms with Crippen molar-refractivity contribution in [3.05, 3.63) is 46.0 Å². The quantitative estimate of drug-likeness (QED) is 0.559. The summed E-state index contributed by atoms with van der Waals surface area (Å²) in [5.41, 5.74) is 8.76. The van der Waals surface area contributed by atoms with Gasteiger partial charge in [0.2, 0.25) is 5.95 Å². The molecule has 3 N–H and O–H groups in total. The second kappa shape index (κ2) is 9.73. The fourth-order valence-electron chi connectivity index (χ4n) is 3.07. The van der Waals surface area contributed by atoms with Gasteiger partial charge >= 0.3 is 0 Å². The molecule has 0 saturated heterocycles. The number of likely N-dealkylation sites (N-methyl/N-ethyl adjacent to an activating group) is 1. The molecule has 3 aromatic heterocycles. The first kappa shape index (κ1) is 19.7. The number of fused-ring (bicyclic) bond motifs is 1. The third-order valence-electron chi connectivity index (χ3n) is 4.45. The summed E-state index contributed by atoms with van der Waals surface area (Å²) in [4.78, 5) is 17.7. The summed E-state index contributed by atoms with van der Waals surface area (Å²) in [6.45, 7) is 7.94. The van der Waals surface area contributed by atoms with Crippen molar-refractivity contribution >= 4 is 28.2 Å². The molecule has 7 heteroatoms. The van der Waals surface area contributed by atoms with Crippen molar-refractivity contribution in [1.29, 1.82) is 0 Å². The van der Waals surface area contributed by atoms with Gasteiger partial charge in [-0.15, -0.1) is 11.3 Å². The zero-order chi connectivity index (χ0) is 19.1. The maximum absolute atomic E-state index is 5.76. The van der Waals surface area contributed by atoms with Crippen LogP contribution < -0.4 is 16.0 Å². The molecule has 0 fully saturated rings. The first-order valence-corrected chi connectivity index (χ1v) is 10.5. The van der Waals surface area contributed by atoms with Crippen LogP contribution in [0, 0.1) is 0 Å². The molecular weight excluding hydrogens is 356 g/mol. The minimum atomic E-state index is 0.578. The van der Waals surface area contributed by atoms with Gasteiger partial charge in [0.15, 0.2) is 0 Å². The van der Waals surface area contributed by atoms with Crippen LogP contribution in [-0.4, -0.2) is 34.6 Å². The molecule has 0 bridgehead atoms. The second-order valence-corrected chi connectivity index (χ2v) is 7.50. The van der Waals surface area contributed by atoms with E-state index in [0.717, 1.165) is 60.7 Å². The molecule has 0 saturated carbocycles. The van der Waals surface area contributed by atoms with Gasteiger partial charge in [-0.2, -0.15) is 0 Å². The molecule has 3 aromatic rings. The van der Waals surface area contributed by atoms with E-state index in [4.69, 9.17) is 15.7 Å². The van der Waals surface area contributed by atoms with Crippen LogP contribution in [-0.2, 0) is 19.5 Å². The molecule has 0 radical (unpaired) electrons. The Bertz CT molecular complexity index is 849. The summed E-state index contributed by atoms with van der Waals surface area (Å²) in [6.07, 6.45) is 3.92. The SMILES string of the molecule is CCCc1cc2c(CNCc3cccs3)nc(N(CC)CCN)nc2cn1. The topological polar surface area (TPSA) is 80.0 Å². The number of anilines is 1. The summed E-state index contributed by atoms with van der Waals surface area (Å²) < 4.78 is 0. The molecule has 0 unspecified atom stereocenters. The van der Waals surface area contributed by atoms with E-state index in [0.29, 0.717) is 13.1 Å². The fourth-order valence-corrected chi connectivity index (χ4v) is 3.74. The Balaban J connectivity index is 1.92. The summed E-state index contributed by atoms with van der Waals surface area (Å²) in [5.74, 6) is 0.730. The predicted octanol–water partition coefficient (Wildman–Crippen LogP) is 3.11. The molecule has 0 amide bonds. The van der Waals surface area contributed by atoms with E-state index < -0.39 is 0 Å². The monoisotopic (exact) mass is 384 g/mol. The molecule has 0 aliphatic heterocycles. The van der Waals surface area contributed by atoms with Crippen LogP contribution in [0.1, 0.15) is 36.5 Å². The molecule has 0 spiro atoms. The highest BCUT2D eigenvalue weighted by atomic mass is 32.1. The highest BCUT2D eigenvalue weighted by molar-refractivity contribution is 7.09. The van der Waals surface area contributed by atoms with Gasteiger partial charge in [0.1, 0.15) is 0 Å². The van der Waals surface area contributed by atoms with Crippen LogP contribution in [0.2, 0.25) is 0 Å². The van der Waals surface area contributed by atoms with Crippen molar-refractivity contribution in [2.24, 2.45) is 5.73 Å². The average molecular weight is 385 g/mol. The van der Waals surface area contributed by atoms with Crippen LogP contribution >= 0.6 is 11.3 Å². The van der Waals surface area contributed by atoms with Gasteiger partial charge in [-0.1, -0.05) is 19.4 Å². The second-order valence-electron chi connectivity index (χ2n) is 6.46. The number of rotatable bonds is 10. The Morgan fingerprint density at radius 2 is 2.11 bits per heavy atom. The van der Waals surface area contributed by atoms with Crippen LogP contribution in [0.4, 0.5) is 5.95 Å². The molecule has 0 aromatic carbocycles. The van der Waals surface area contributed by atoms with Crippen LogP contribution in [0.3, 0.4) is 0 Å². The highest BCUT2D eigenvalue weighted by Crippen LogP contribution is 2.21. The van der Waals surface area contributed by atoms with Gasteiger partial charge in [0.25, 0.3) is 0 Å². The number of hydrogen-bond acceptors (Lipinski definition) is 7. The van der Waals surface area contributed by atoms with Crippen molar-refractivity contribution in [2.75, 3.05) is 24.5 Å². The van der Waals surface area contributed by atoms with Crippen molar-refractivity contribution in [2.45, 2.75) is 39.8 Å². The number of aryl methyl sites for hydroxylation is 1. The summed E-state index contributed by atoms with van der Waals surface area (Å²) in [7, 11) is 0. The predicted molar refractivity (Wildman–Crippen MR) is 113 cm³/mol. The standard InChI is InChI=1S/C20H28N6S/c1-3-6-15-11-17-18(13-22-12-16-7-5-10-27-16)24-20(25-19(17)14-23-15)26(4-2)9-8-21/h5,7,10-11,14,22H,3-4,6,8-9,12-13,21H2,1-2H3.